The Morgan fingerprint density at radius 1 is 0.906 bits per heavy atom. The van der Waals surface area contributed by atoms with E-state index in [-0.39, 0.29) is 11.7 Å². The molecule has 0 atom stereocenters. The third-order valence-corrected chi connectivity index (χ3v) is 5.70. The van der Waals surface area contributed by atoms with Crippen molar-refractivity contribution in [3.05, 3.63) is 71.9 Å². The summed E-state index contributed by atoms with van der Waals surface area (Å²) < 4.78 is 38.5. The van der Waals surface area contributed by atoms with Crippen molar-refractivity contribution in [1.82, 2.24) is 14.8 Å². The van der Waals surface area contributed by atoms with Gasteiger partial charge < -0.3 is 15.5 Å². The van der Waals surface area contributed by atoms with Gasteiger partial charge in [0.2, 0.25) is 0 Å². The molecular weight excluding hydrogens is 417 g/mol. The molecule has 0 radical (unpaired) electrons. The van der Waals surface area contributed by atoms with Gasteiger partial charge in [0.25, 0.3) is 5.91 Å². The highest BCUT2D eigenvalue weighted by Crippen LogP contribution is 2.33. The topological polar surface area (TPSA) is 62.5 Å². The van der Waals surface area contributed by atoms with Crippen molar-refractivity contribution in [3.8, 4) is 22.3 Å². The number of carbonyl (C=O) groups is 1. The predicted molar refractivity (Wildman–Crippen MR) is 118 cm³/mol. The number of hydrogen-bond donors (Lipinski definition) is 1. The summed E-state index contributed by atoms with van der Waals surface area (Å²) in [6.07, 6.45) is -2.78. The van der Waals surface area contributed by atoms with Crippen molar-refractivity contribution in [1.29, 1.82) is 0 Å². The van der Waals surface area contributed by atoms with Crippen LogP contribution in [0.4, 0.5) is 19.0 Å². The Morgan fingerprint density at radius 2 is 1.50 bits per heavy atom. The molecule has 2 heterocycles. The van der Waals surface area contributed by atoms with Gasteiger partial charge in [-0.25, -0.2) is 4.98 Å². The molecule has 0 unspecified atom stereocenters. The van der Waals surface area contributed by atoms with Crippen LogP contribution in [0.25, 0.3) is 22.3 Å². The second kappa shape index (κ2) is 8.63. The zero-order valence-corrected chi connectivity index (χ0v) is 17.6. The first-order valence-electron chi connectivity index (χ1n) is 10.2. The molecule has 5 nitrogen and oxygen atoms in total. The number of anilines is 1. The van der Waals surface area contributed by atoms with Gasteiger partial charge in [0.1, 0.15) is 5.82 Å². The van der Waals surface area contributed by atoms with Crippen molar-refractivity contribution in [2.24, 2.45) is 0 Å². The van der Waals surface area contributed by atoms with E-state index in [1.165, 1.54) is 12.1 Å². The number of rotatable bonds is 3. The average Bonchev–Trinajstić information content (AvgIpc) is 2.79. The number of aromatic nitrogens is 1. The Hall–Kier alpha value is -3.39. The van der Waals surface area contributed by atoms with Gasteiger partial charge in [0.15, 0.2) is 0 Å². The van der Waals surface area contributed by atoms with Crippen molar-refractivity contribution in [2.45, 2.75) is 6.18 Å². The Kier molecular flexibility index (Phi) is 5.88. The van der Waals surface area contributed by atoms with Gasteiger partial charge in [0, 0.05) is 49.1 Å². The minimum Gasteiger partial charge on any atom is -0.383 e. The zero-order chi connectivity index (χ0) is 22.9. The number of nitrogens with two attached hydrogens (primary N) is 1. The van der Waals surface area contributed by atoms with Gasteiger partial charge >= 0.3 is 6.18 Å². The van der Waals surface area contributed by atoms with Crippen LogP contribution in [0.5, 0.6) is 0 Å². The monoisotopic (exact) mass is 440 g/mol. The molecule has 1 aliphatic heterocycles. The first-order valence-corrected chi connectivity index (χ1v) is 10.2. The number of nitrogen functional groups attached to an aromatic ring is 1. The molecule has 2 N–H and O–H groups in total. The molecule has 0 bridgehead atoms. The largest absolute Gasteiger partial charge is 0.416 e. The lowest BCUT2D eigenvalue weighted by Gasteiger charge is -2.32. The number of nitrogens with zero attached hydrogens (tertiary/aromatic N) is 3. The van der Waals surface area contributed by atoms with E-state index >= 15 is 0 Å². The maximum Gasteiger partial charge on any atom is 0.416 e. The fraction of sp³-hybridized carbons (Fsp3) is 0.250. The van der Waals surface area contributed by atoms with E-state index in [0.29, 0.717) is 29.8 Å². The maximum absolute atomic E-state index is 12.8. The molecule has 2 aromatic carbocycles. The van der Waals surface area contributed by atoms with Crippen LogP contribution >= 0.6 is 0 Å². The molecule has 1 aromatic heterocycles. The van der Waals surface area contributed by atoms with E-state index in [1.54, 1.807) is 24.4 Å². The smallest absolute Gasteiger partial charge is 0.383 e. The minimum absolute atomic E-state index is 0.00512. The SMILES string of the molecule is CN1CCN(C(=O)c2ccc(-c3cnc(N)c(-c4ccc(C(F)(F)F)cc4)c3)cc2)CC1. The maximum atomic E-state index is 12.8. The van der Waals surface area contributed by atoms with Gasteiger partial charge in [-0.05, 0) is 48.5 Å². The number of pyridine rings is 1. The molecule has 8 heteroatoms. The molecule has 166 valence electrons. The summed E-state index contributed by atoms with van der Waals surface area (Å²) >= 11 is 0. The third-order valence-electron chi connectivity index (χ3n) is 5.70. The summed E-state index contributed by atoms with van der Waals surface area (Å²) in [7, 11) is 2.04. The summed E-state index contributed by atoms with van der Waals surface area (Å²) in [6.45, 7) is 3.12. The molecule has 4 rings (SSSR count). The molecule has 1 aliphatic rings. The van der Waals surface area contributed by atoms with Gasteiger partial charge in [0.05, 0.1) is 5.56 Å². The summed E-state index contributed by atoms with van der Waals surface area (Å²) in [5.74, 6) is 0.237. The number of likely N-dealkylation sites (N-methyl/N-ethyl adjacent to an activating group) is 1. The van der Waals surface area contributed by atoms with Crippen molar-refractivity contribution >= 4 is 11.7 Å². The molecule has 3 aromatic rings. The van der Waals surface area contributed by atoms with E-state index in [9.17, 15) is 18.0 Å². The second-order valence-electron chi connectivity index (χ2n) is 7.90. The molecule has 32 heavy (non-hydrogen) atoms. The van der Waals surface area contributed by atoms with Crippen LogP contribution in [0.3, 0.4) is 0 Å². The van der Waals surface area contributed by atoms with Crippen LogP contribution in [-0.4, -0.2) is 53.9 Å². The minimum atomic E-state index is -4.40. The predicted octanol–water partition coefficient (Wildman–Crippen LogP) is 4.40. The zero-order valence-electron chi connectivity index (χ0n) is 17.6. The number of carbonyl (C=O) groups excluding carboxylic acids is 1. The Morgan fingerprint density at radius 3 is 2.09 bits per heavy atom. The highest BCUT2D eigenvalue weighted by Gasteiger charge is 2.30. The number of alkyl halides is 3. The van der Waals surface area contributed by atoms with Crippen LogP contribution in [0.2, 0.25) is 0 Å². The first-order chi connectivity index (χ1) is 15.2. The first kappa shape index (κ1) is 21.8. The van der Waals surface area contributed by atoms with E-state index in [0.717, 1.165) is 36.3 Å². The lowest BCUT2D eigenvalue weighted by molar-refractivity contribution is -0.137. The molecular formula is C24H23F3N4O. The Bertz CT molecular complexity index is 1100. The average molecular weight is 440 g/mol. The van der Waals surface area contributed by atoms with Crippen LogP contribution in [-0.2, 0) is 6.18 Å². The lowest BCUT2D eigenvalue weighted by Crippen LogP contribution is -2.47. The summed E-state index contributed by atoms with van der Waals surface area (Å²) in [6, 6.07) is 13.9. The van der Waals surface area contributed by atoms with E-state index < -0.39 is 11.7 Å². The van der Waals surface area contributed by atoms with Crippen molar-refractivity contribution in [2.75, 3.05) is 39.0 Å². The summed E-state index contributed by atoms with van der Waals surface area (Å²) in [4.78, 5) is 21.0. The molecule has 0 saturated carbocycles. The van der Waals surface area contributed by atoms with Crippen molar-refractivity contribution < 1.29 is 18.0 Å². The molecule has 0 spiro atoms. The third kappa shape index (κ3) is 4.60. The van der Waals surface area contributed by atoms with Crippen LogP contribution < -0.4 is 5.73 Å². The summed E-state index contributed by atoms with van der Waals surface area (Å²) in [5.41, 5.74) is 8.58. The Balaban J connectivity index is 1.56. The van der Waals surface area contributed by atoms with E-state index in [4.69, 9.17) is 5.73 Å². The molecule has 1 saturated heterocycles. The van der Waals surface area contributed by atoms with Crippen molar-refractivity contribution in [3.63, 3.8) is 0 Å². The number of benzene rings is 2. The van der Waals surface area contributed by atoms with Gasteiger partial charge in [-0.2, -0.15) is 13.2 Å². The number of hydrogen-bond acceptors (Lipinski definition) is 4. The highest BCUT2D eigenvalue weighted by molar-refractivity contribution is 5.95. The number of halogens is 3. The Labute approximate surface area is 184 Å². The lowest BCUT2D eigenvalue weighted by atomic mass is 9.99. The van der Waals surface area contributed by atoms with Gasteiger partial charge in [-0.15, -0.1) is 0 Å². The van der Waals surface area contributed by atoms with Crippen LogP contribution in [0, 0.1) is 0 Å². The van der Waals surface area contributed by atoms with Crippen LogP contribution in [0.15, 0.2) is 60.8 Å². The van der Waals surface area contributed by atoms with Crippen LogP contribution in [0.1, 0.15) is 15.9 Å². The number of piperazine rings is 1. The fourth-order valence-corrected chi connectivity index (χ4v) is 3.70. The molecule has 0 aliphatic carbocycles. The summed E-state index contributed by atoms with van der Waals surface area (Å²) in [5, 5.41) is 0. The van der Waals surface area contributed by atoms with Gasteiger partial charge in [-0.3, -0.25) is 4.79 Å². The van der Waals surface area contributed by atoms with Gasteiger partial charge in [-0.1, -0.05) is 24.3 Å². The second-order valence-corrected chi connectivity index (χ2v) is 7.90. The fourth-order valence-electron chi connectivity index (χ4n) is 3.70. The normalized spacial score (nSPS) is 15.1. The van der Waals surface area contributed by atoms with E-state index in [2.05, 4.69) is 9.88 Å². The standard InChI is InChI=1S/C24H23F3N4O/c1-30-10-12-31(13-11-30)23(32)18-4-2-16(3-5-18)19-14-21(22(28)29-15-19)17-6-8-20(9-7-17)24(25,26)27/h2-9,14-15H,10-13H2,1H3,(H2,28,29). The molecule has 1 fully saturated rings. The highest BCUT2D eigenvalue weighted by atomic mass is 19.4. The van der Waals surface area contributed by atoms with E-state index in [1.807, 2.05) is 24.1 Å². The quantitative estimate of drug-likeness (QED) is 0.656. The molecule has 1 amide bonds. The number of amides is 1.